The van der Waals surface area contributed by atoms with Crippen LogP contribution < -0.4 is 10.6 Å². The van der Waals surface area contributed by atoms with E-state index in [2.05, 4.69) is 15.6 Å². The second-order valence-corrected chi connectivity index (χ2v) is 5.86. The van der Waals surface area contributed by atoms with Crippen molar-refractivity contribution in [3.8, 4) is 0 Å². The standard InChI is InChI=1S/C18H16ClN3O3/c1-25-10-17(23)20-13-3-5-14(6-4-13)21-18(24)16-9-11-8-12(19)2-7-15(11)22-16/h2-9,22H,10H2,1H3,(H,20,23)(H,21,24). The van der Waals surface area contributed by atoms with Crippen molar-refractivity contribution in [3.05, 3.63) is 59.2 Å². The summed E-state index contributed by atoms with van der Waals surface area (Å²) in [6.45, 7) is -0.0110. The molecule has 0 aliphatic heterocycles. The molecule has 7 heteroatoms. The first-order chi connectivity index (χ1) is 12.0. The fourth-order valence-corrected chi connectivity index (χ4v) is 2.57. The van der Waals surface area contributed by atoms with E-state index in [1.54, 1.807) is 42.5 Å². The topological polar surface area (TPSA) is 83.2 Å². The largest absolute Gasteiger partial charge is 0.375 e. The highest BCUT2D eigenvalue weighted by atomic mass is 35.5. The van der Waals surface area contributed by atoms with Crippen molar-refractivity contribution in [2.45, 2.75) is 0 Å². The Hall–Kier alpha value is -2.83. The van der Waals surface area contributed by atoms with Crippen molar-refractivity contribution >= 4 is 45.7 Å². The monoisotopic (exact) mass is 357 g/mol. The van der Waals surface area contributed by atoms with Gasteiger partial charge in [0.2, 0.25) is 5.91 Å². The summed E-state index contributed by atoms with van der Waals surface area (Å²) in [4.78, 5) is 26.9. The summed E-state index contributed by atoms with van der Waals surface area (Å²) < 4.78 is 4.75. The van der Waals surface area contributed by atoms with Crippen LogP contribution in [0.3, 0.4) is 0 Å². The molecular formula is C18H16ClN3O3. The lowest BCUT2D eigenvalue weighted by Crippen LogP contribution is -2.17. The van der Waals surface area contributed by atoms with Crippen LogP contribution in [0.1, 0.15) is 10.5 Å². The van der Waals surface area contributed by atoms with Gasteiger partial charge in [0.25, 0.3) is 5.91 Å². The number of hydrogen-bond donors (Lipinski definition) is 3. The van der Waals surface area contributed by atoms with E-state index in [1.165, 1.54) is 7.11 Å². The molecule has 0 saturated heterocycles. The smallest absolute Gasteiger partial charge is 0.272 e. The second kappa shape index (κ2) is 7.38. The number of methoxy groups -OCH3 is 1. The van der Waals surface area contributed by atoms with E-state index in [0.717, 1.165) is 10.9 Å². The number of aromatic nitrogens is 1. The fourth-order valence-electron chi connectivity index (χ4n) is 2.39. The van der Waals surface area contributed by atoms with E-state index >= 15 is 0 Å². The highest BCUT2D eigenvalue weighted by Crippen LogP contribution is 2.21. The number of anilines is 2. The lowest BCUT2D eigenvalue weighted by Gasteiger charge is -2.07. The lowest BCUT2D eigenvalue weighted by atomic mass is 10.2. The third-order valence-corrected chi connectivity index (χ3v) is 3.76. The van der Waals surface area contributed by atoms with Gasteiger partial charge in [0, 0.05) is 34.4 Å². The van der Waals surface area contributed by atoms with Gasteiger partial charge in [-0.3, -0.25) is 9.59 Å². The van der Waals surface area contributed by atoms with Crippen LogP contribution in [0.5, 0.6) is 0 Å². The molecule has 128 valence electrons. The Balaban J connectivity index is 1.68. The first-order valence-electron chi connectivity index (χ1n) is 7.53. The number of carbonyl (C=O) groups excluding carboxylic acids is 2. The molecule has 0 saturated carbocycles. The molecule has 0 aliphatic carbocycles. The van der Waals surface area contributed by atoms with Crippen LogP contribution >= 0.6 is 11.6 Å². The number of benzene rings is 2. The van der Waals surface area contributed by atoms with E-state index < -0.39 is 0 Å². The summed E-state index contributed by atoms with van der Waals surface area (Å²) in [5.74, 6) is -0.500. The summed E-state index contributed by atoms with van der Waals surface area (Å²) in [5, 5.41) is 6.97. The van der Waals surface area contributed by atoms with Gasteiger partial charge in [-0.25, -0.2) is 0 Å². The Kier molecular flexibility index (Phi) is 5.02. The molecular weight excluding hydrogens is 342 g/mol. The molecule has 2 aromatic carbocycles. The van der Waals surface area contributed by atoms with Gasteiger partial charge in [-0.2, -0.15) is 0 Å². The first-order valence-corrected chi connectivity index (χ1v) is 7.91. The number of H-pyrrole nitrogens is 1. The third kappa shape index (κ3) is 4.17. The number of amides is 2. The van der Waals surface area contributed by atoms with Crippen molar-refractivity contribution in [2.75, 3.05) is 24.4 Å². The van der Waals surface area contributed by atoms with Crippen LogP contribution in [0, 0.1) is 0 Å². The molecule has 0 bridgehead atoms. The predicted molar refractivity (Wildman–Crippen MR) is 98.2 cm³/mol. The SMILES string of the molecule is COCC(=O)Nc1ccc(NC(=O)c2cc3cc(Cl)ccc3[nH]2)cc1. The van der Waals surface area contributed by atoms with Crippen molar-refractivity contribution in [3.63, 3.8) is 0 Å². The molecule has 25 heavy (non-hydrogen) atoms. The zero-order chi connectivity index (χ0) is 17.8. The number of fused-ring (bicyclic) bond motifs is 1. The summed E-state index contributed by atoms with van der Waals surface area (Å²) >= 11 is 5.96. The molecule has 6 nitrogen and oxygen atoms in total. The van der Waals surface area contributed by atoms with Gasteiger partial charge in [-0.15, -0.1) is 0 Å². The summed E-state index contributed by atoms with van der Waals surface area (Å²) in [6, 6.07) is 13.9. The summed E-state index contributed by atoms with van der Waals surface area (Å²) in [7, 11) is 1.45. The molecule has 2 amide bonds. The van der Waals surface area contributed by atoms with Gasteiger partial charge in [-0.05, 0) is 48.5 Å². The molecule has 3 N–H and O–H groups in total. The summed E-state index contributed by atoms with van der Waals surface area (Å²) in [5.41, 5.74) is 2.52. The van der Waals surface area contributed by atoms with Crippen LogP contribution in [0.25, 0.3) is 10.9 Å². The molecule has 0 fully saturated rings. The van der Waals surface area contributed by atoms with E-state index in [-0.39, 0.29) is 18.4 Å². The number of halogens is 1. The average molecular weight is 358 g/mol. The predicted octanol–water partition coefficient (Wildman–Crippen LogP) is 3.66. The molecule has 0 radical (unpaired) electrons. The minimum absolute atomic E-state index is 0.0110. The normalized spacial score (nSPS) is 10.6. The van der Waals surface area contributed by atoms with Gasteiger partial charge in [-0.1, -0.05) is 11.6 Å². The number of nitrogens with one attached hydrogen (secondary N) is 3. The maximum absolute atomic E-state index is 12.4. The molecule has 0 spiro atoms. The zero-order valence-corrected chi connectivity index (χ0v) is 14.2. The van der Waals surface area contributed by atoms with Crippen molar-refractivity contribution in [1.82, 2.24) is 4.98 Å². The highest BCUT2D eigenvalue weighted by molar-refractivity contribution is 6.31. The molecule has 0 aliphatic rings. The Bertz CT molecular complexity index is 919. The molecule has 0 atom stereocenters. The Morgan fingerprint density at radius 2 is 1.72 bits per heavy atom. The lowest BCUT2D eigenvalue weighted by molar-refractivity contribution is -0.119. The van der Waals surface area contributed by atoms with E-state index in [4.69, 9.17) is 16.3 Å². The van der Waals surface area contributed by atoms with E-state index in [1.807, 2.05) is 6.07 Å². The number of hydrogen-bond acceptors (Lipinski definition) is 3. The zero-order valence-electron chi connectivity index (χ0n) is 13.4. The molecule has 3 rings (SSSR count). The molecule has 1 aromatic heterocycles. The molecule has 1 heterocycles. The maximum atomic E-state index is 12.4. The molecule has 0 unspecified atom stereocenters. The fraction of sp³-hybridized carbons (Fsp3) is 0.111. The number of ether oxygens (including phenoxy) is 1. The average Bonchev–Trinajstić information content (AvgIpc) is 3.00. The number of carbonyl (C=O) groups is 2. The minimum Gasteiger partial charge on any atom is -0.375 e. The van der Waals surface area contributed by atoms with Gasteiger partial charge < -0.3 is 20.4 Å². The highest BCUT2D eigenvalue weighted by Gasteiger charge is 2.10. The van der Waals surface area contributed by atoms with Crippen LogP contribution in [-0.2, 0) is 9.53 Å². The van der Waals surface area contributed by atoms with Gasteiger partial charge in [0.1, 0.15) is 12.3 Å². The van der Waals surface area contributed by atoms with Crippen LogP contribution in [0.2, 0.25) is 5.02 Å². The van der Waals surface area contributed by atoms with Crippen molar-refractivity contribution in [1.29, 1.82) is 0 Å². The minimum atomic E-state index is -0.261. The van der Waals surface area contributed by atoms with Crippen LogP contribution in [0.4, 0.5) is 11.4 Å². The van der Waals surface area contributed by atoms with Crippen molar-refractivity contribution < 1.29 is 14.3 Å². The second-order valence-electron chi connectivity index (χ2n) is 5.43. The van der Waals surface area contributed by atoms with Crippen molar-refractivity contribution in [2.24, 2.45) is 0 Å². The molecule has 3 aromatic rings. The van der Waals surface area contributed by atoms with Gasteiger partial charge >= 0.3 is 0 Å². The maximum Gasteiger partial charge on any atom is 0.272 e. The third-order valence-electron chi connectivity index (χ3n) is 3.53. The van der Waals surface area contributed by atoms with Crippen LogP contribution in [0.15, 0.2) is 48.5 Å². The Morgan fingerprint density at radius 3 is 2.40 bits per heavy atom. The number of rotatable bonds is 5. The first kappa shape index (κ1) is 17.0. The van der Waals surface area contributed by atoms with E-state index in [0.29, 0.717) is 22.1 Å². The van der Waals surface area contributed by atoms with Gasteiger partial charge in [0.15, 0.2) is 0 Å². The Morgan fingerprint density at radius 1 is 1.04 bits per heavy atom. The number of aromatic amines is 1. The quantitative estimate of drug-likeness (QED) is 0.651. The summed E-state index contributed by atoms with van der Waals surface area (Å²) in [6.07, 6.45) is 0. The van der Waals surface area contributed by atoms with Gasteiger partial charge in [0.05, 0.1) is 0 Å². The van der Waals surface area contributed by atoms with Crippen LogP contribution in [-0.4, -0.2) is 30.5 Å². The van der Waals surface area contributed by atoms with E-state index in [9.17, 15) is 9.59 Å². The Labute approximate surface area is 149 Å².